The molecule has 2 aromatic rings. The molecule has 0 aromatic carbocycles. The number of anilines is 2. The highest BCUT2D eigenvalue weighted by molar-refractivity contribution is 7.94. The summed E-state index contributed by atoms with van der Waals surface area (Å²) < 4.78 is 28.8. The number of nitrogens with one attached hydrogen (secondary N) is 1. The van der Waals surface area contributed by atoms with E-state index in [4.69, 9.17) is 5.73 Å². The van der Waals surface area contributed by atoms with Crippen molar-refractivity contribution in [3.8, 4) is 0 Å². The van der Waals surface area contributed by atoms with Crippen LogP contribution in [0.4, 0.5) is 10.1 Å². The maximum atomic E-state index is 11.6. The second kappa shape index (κ2) is 3.67. The van der Waals surface area contributed by atoms with Crippen LogP contribution in [0.3, 0.4) is 0 Å². The van der Waals surface area contributed by atoms with E-state index in [0.29, 0.717) is 5.00 Å². The summed E-state index contributed by atoms with van der Waals surface area (Å²) in [7, 11) is -3.72. The third-order valence-electron chi connectivity index (χ3n) is 1.25. The van der Waals surface area contributed by atoms with Gasteiger partial charge in [-0.25, -0.2) is 0 Å². The van der Waals surface area contributed by atoms with Gasteiger partial charge in [-0.3, -0.25) is 4.72 Å². The van der Waals surface area contributed by atoms with E-state index in [-0.39, 0.29) is 9.47 Å². The maximum absolute atomic E-state index is 11.6. The number of nitrogen functional groups attached to an aromatic ring is 1. The molecule has 0 aliphatic heterocycles. The monoisotopic (exact) mass is 264 g/mol. The van der Waals surface area contributed by atoms with Crippen LogP contribution < -0.4 is 10.5 Å². The first-order valence-electron chi connectivity index (χ1n) is 3.47. The van der Waals surface area contributed by atoms with E-state index in [2.05, 4.69) is 24.5 Å². The first kappa shape index (κ1) is 10.2. The summed E-state index contributed by atoms with van der Waals surface area (Å²) in [5, 5.41) is 10.7. The normalized spacial score (nSPS) is 11.5. The third kappa shape index (κ3) is 2.19. The van der Waals surface area contributed by atoms with Gasteiger partial charge >= 0.3 is 0 Å². The maximum Gasteiger partial charge on any atom is 0.291 e. The van der Waals surface area contributed by atoms with Gasteiger partial charge in [0.05, 0.1) is 6.20 Å². The number of hydrogen-bond donors (Lipinski definition) is 2. The zero-order chi connectivity index (χ0) is 10.9. The van der Waals surface area contributed by atoms with Crippen molar-refractivity contribution in [1.29, 1.82) is 0 Å². The van der Waals surface area contributed by atoms with Crippen molar-refractivity contribution in [2.24, 2.45) is 0 Å². The van der Waals surface area contributed by atoms with E-state index >= 15 is 0 Å². The average molecular weight is 264 g/mol. The van der Waals surface area contributed by atoms with Gasteiger partial charge in [-0.05, 0) is 0 Å². The number of aromatic nitrogens is 4. The van der Waals surface area contributed by atoms with Gasteiger partial charge in [0.1, 0.15) is 5.00 Å². The highest BCUT2D eigenvalue weighted by Crippen LogP contribution is 2.21. The van der Waals surface area contributed by atoms with Crippen LogP contribution in [0.5, 0.6) is 0 Å². The molecule has 0 aliphatic rings. The topological polar surface area (TPSA) is 124 Å². The minimum absolute atomic E-state index is 0.0952. The fraction of sp³-hybridized carbons (Fsp3) is 0. The predicted octanol–water partition coefficient (Wildman–Crippen LogP) is -0.227. The highest BCUT2D eigenvalue weighted by Gasteiger charge is 2.20. The molecule has 3 N–H and O–H groups in total. The minimum atomic E-state index is -3.72. The number of sulfonamides is 1. The molecule has 0 bridgehead atoms. The van der Waals surface area contributed by atoms with Crippen LogP contribution >= 0.6 is 22.9 Å². The lowest BCUT2D eigenvalue weighted by molar-refractivity contribution is 0.599. The molecule has 0 unspecified atom stereocenters. The molecule has 0 amide bonds. The zero-order valence-electron chi connectivity index (χ0n) is 6.98. The Bertz CT molecular complexity index is 545. The van der Waals surface area contributed by atoms with Crippen LogP contribution in [0.1, 0.15) is 0 Å². The van der Waals surface area contributed by atoms with Crippen molar-refractivity contribution in [3.63, 3.8) is 0 Å². The van der Waals surface area contributed by atoms with Gasteiger partial charge in [-0.1, -0.05) is 15.8 Å². The summed E-state index contributed by atoms with van der Waals surface area (Å²) >= 11 is 1.71. The van der Waals surface area contributed by atoms with E-state index in [1.54, 1.807) is 0 Å². The lowest BCUT2D eigenvalue weighted by Gasteiger charge is -1.98. The van der Waals surface area contributed by atoms with E-state index in [0.717, 1.165) is 22.9 Å². The molecule has 0 saturated heterocycles. The molecule has 80 valence electrons. The van der Waals surface area contributed by atoms with Gasteiger partial charge in [0.2, 0.25) is 5.13 Å². The molecule has 0 aliphatic carbocycles. The lowest BCUT2D eigenvalue weighted by atomic mass is 10.9. The van der Waals surface area contributed by atoms with E-state index in [1.807, 2.05) is 0 Å². The van der Waals surface area contributed by atoms with Crippen molar-refractivity contribution in [3.05, 3.63) is 6.20 Å². The van der Waals surface area contributed by atoms with Gasteiger partial charge in [-0.15, -0.1) is 15.3 Å². The first-order chi connectivity index (χ1) is 7.08. The zero-order valence-corrected chi connectivity index (χ0v) is 9.43. The molecule has 2 aromatic heterocycles. The van der Waals surface area contributed by atoms with Crippen LogP contribution in [0.2, 0.25) is 0 Å². The van der Waals surface area contributed by atoms with E-state index in [9.17, 15) is 8.42 Å². The highest BCUT2D eigenvalue weighted by atomic mass is 32.2. The number of nitrogens with two attached hydrogens (primary N) is 1. The molecule has 0 saturated carbocycles. The smallest absolute Gasteiger partial charge is 0.291 e. The van der Waals surface area contributed by atoms with Crippen LogP contribution in [0.25, 0.3) is 0 Å². The summed E-state index contributed by atoms with van der Waals surface area (Å²) in [5.41, 5.74) is 5.28. The Morgan fingerprint density at radius 2 is 2.20 bits per heavy atom. The fourth-order valence-electron chi connectivity index (χ4n) is 0.717. The standard InChI is InChI=1S/C4H4N6O2S3/c5-3-7-8-4(13-3)15(11,12)9-2-1-6-10-14-2/h1,9H,(H2,5,7). The van der Waals surface area contributed by atoms with Crippen molar-refractivity contribution >= 4 is 43.0 Å². The SMILES string of the molecule is Nc1nnc(S(=O)(=O)Nc2cnns2)s1. The Morgan fingerprint density at radius 3 is 2.73 bits per heavy atom. The number of rotatable bonds is 3. The number of hydrogen-bond acceptors (Lipinski definition) is 9. The van der Waals surface area contributed by atoms with Crippen LogP contribution in [0, 0.1) is 0 Å². The predicted molar refractivity (Wildman–Crippen MR) is 55.0 cm³/mol. The molecule has 8 nitrogen and oxygen atoms in total. The van der Waals surface area contributed by atoms with Crippen molar-refractivity contribution in [2.45, 2.75) is 4.34 Å². The summed E-state index contributed by atoms with van der Waals surface area (Å²) in [6.45, 7) is 0. The summed E-state index contributed by atoms with van der Waals surface area (Å²) in [4.78, 5) is 0. The van der Waals surface area contributed by atoms with Crippen LogP contribution in [0.15, 0.2) is 10.5 Å². The lowest BCUT2D eigenvalue weighted by Crippen LogP contribution is -2.11. The largest absolute Gasteiger partial charge is 0.374 e. The Balaban J connectivity index is 2.28. The molecule has 11 heteroatoms. The molecular weight excluding hydrogens is 260 g/mol. The molecule has 0 atom stereocenters. The van der Waals surface area contributed by atoms with Gasteiger partial charge in [0, 0.05) is 11.5 Å². The first-order valence-corrected chi connectivity index (χ1v) is 6.54. The van der Waals surface area contributed by atoms with E-state index in [1.165, 1.54) is 6.20 Å². The van der Waals surface area contributed by atoms with Crippen molar-refractivity contribution < 1.29 is 8.42 Å². The van der Waals surface area contributed by atoms with Gasteiger partial charge in [0.15, 0.2) is 0 Å². The van der Waals surface area contributed by atoms with Crippen molar-refractivity contribution in [2.75, 3.05) is 10.5 Å². The Hall–Kier alpha value is -1.33. The summed E-state index contributed by atoms with van der Waals surface area (Å²) in [5.74, 6) is 0. The van der Waals surface area contributed by atoms with Crippen molar-refractivity contribution in [1.82, 2.24) is 19.8 Å². The summed E-state index contributed by atoms with van der Waals surface area (Å²) in [6.07, 6.45) is 1.30. The third-order valence-corrected chi connectivity index (χ3v) is 4.44. The second-order valence-corrected chi connectivity index (χ2v) is 5.94. The molecule has 2 rings (SSSR count). The average Bonchev–Trinajstić information content (AvgIpc) is 2.75. The molecule has 0 spiro atoms. The molecular formula is C4H4N6O2S3. The van der Waals surface area contributed by atoms with Gasteiger partial charge in [-0.2, -0.15) is 8.42 Å². The molecule has 0 radical (unpaired) electrons. The molecule has 15 heavy (non-hydrogen) atoms. The molecule has 2 heterocycles. The number of nitrogens with zero attached hydrogens (tertiary/aromatic N) is 4. The van der Waals surface area contributed by atoms with Crippen LogP contribution in [-0.2, 0) is 10.0 Å². The van der Waals surface area contributed by atoms with Gasteiger partial charge in [0.25, 0.3) is 14.4 Å². The quantitative estimate of drug-likeness (QED) is 0.784. The fourth-order valence-corrected chi connectivity index (χ4v) is 3.19. The van der Waals surface area contributed by atoms with Crippen LogP contribution in [-0.4, -0.2) is 28.2 Å². The Morgan fingerprint density at radius 1 is 1.40 bits per heavy atom. The van der Waals surface area contributed by atoms with Gasteiger partial charge < -0.3 is 5.73 Å². The Kier molecular flexibility index (Phi) is 2.50. The van der Waals surface area contributed by atoms with E-state index < -0.39 is 10.0 Å². The summed E-state index contributed by atoms with van der Waals surface area (Å²) in [6, 6.07) is 0. The minimum Gasteiger partial charge on any atom is -0.374 e. The molecule has 0 fully saturated rings. The Labute approximate surface area is 92.4 Å². The second-order valence-electron chi connectivity index (χ2n) is 2.29.